The first-order valence-electron chi connectivity index (χ1n) is 6.76. The minimum absolute atomic E-state index is 0.102. The quantitative estimate of drug-likeness (QED) is 0.881. The van der Waals surface area contributed by atoms with Gasteiger partial charge in [-0.05, 0) is 19.3 Å². The van der Waals surface area contributed by atoms with Gasteiger partial charge < -0.3 is 10.3 Å². The van der Waals surface area contributed by atoms with Crippen LogP contribution in [0.25, 0.3) is 0 Å². The number of rotatable bonds is 4. The highest BCUT2D eigenvalue weighted by Gasteiger charge is 2.34. The Kier molecular flexibility index (Phi) is 4.27. The van der Waals surface area contributed by atoms with Gasteiger partial charge in [0.1, 0.15) is 0 Å². The summed E-state index contributed by atoms with van der Waals surface area (Å²) in [4.78, 5) is 4.01. The number of hydrogen-bond donors (Lipinski definition) is 1. The molecule has 1 fully saturated rings. The third-order valence-corrected chi connectivity index (χ3v) is 5.61. The van der Waals surface area contributed by atoms with E-state index in [-0.39, 0.29) is 17.0 Å². The lowest BCUT2D eigenvalue weighted by Gasteiger charge is -2.35. The zero-order chi connectivity index (χ0) is 14.0. The summed E-state index contributed by atoms with van der Waals surface area (Å²) in [5, 5.41) is 0.139. The van der Waals surface area contributed by atoms with E-state index in [1.54, 1.807) is 17.1 Å². The van der Waals surface area contributed by atoms with Gasteiger partial charge in [0.2, 0.25) is 0 Å². The first-order chi connectivity index (χ1) is 8.98. The largest absolute Gasteiger partial charge is 0.336 e. The van der Waals surface area contributed by atoms with Crippen molar-refractivity contribution >= 4 is 10.0 Å². The molecule has 0 aromatic carbocycles. The van der Waals surface area contributed by atoms with Crippen molar-refractivity contribution in [1.82, 2.24) is 13.9 Å². The molecule has 1 saturated heterocycles. The molecule has 2 N–H and O–H groups in total. The summed E-state index contributed by atoms with van der Waals surface area (Å²) < 4.78 is 28.3. The van der Waals surface area contributed by atoms with Crippen LogP contribution in [0, 0.1) is 5.92 Å². The smallest absolute Gasteiger partial charge is 0.262 e. The monoisotopic (exact) mass is 286 g/mol. The molecular weight excluding hydrogens is 264 g/mol. The van der Waals surface area contributed by atoms with Crippen molar-refractivity contribution in [3.63, 3.8) is 0 Å². The Bertz CT molecular complexity index is 526. The summed E-state index contributed by atoms with van der Waals surface area (Å²) in [7, 11) is -3.47. The summed E-state index contributed by atoms with van der Waals surface area (Å²) >= 11 is 0. The lowest BCUT2D eigenvalue weighted by atomic mass is 9.92. The van der Waals surface area contributed by atoms with E-state index < -0.39 is 10.0 Å². The van der Waals surface area contributed by atoms with Crippen molar-refractivity contribution in [2.75, 3.05) is 13.1 Å². The predicted octanol–water partition coefficient (Wildman–Crippen LogP) is 0.651. The van der Waals surface area contributed by atoms with Crippen molar-refractivity contribution in [2.45, 2.75) is 44.3 Å². The highest BCUT2D eigenvalue weighted by Crippen LogP contribution is 2.24. The van der Waals surface area contributed by atoms with Crippen molar-refractivity contribution in [3.05, 3.63) is 12.5 Å². The average molecular weight is 286 g/mol. The molecule has 0 radical (unpaired) electrons. The summed E-state index contributed by atoms with van der Waals surface area (Å²) in [5.41, 5.74) is 6.02. The Morgan fingerprint density at radius 2 is 2.21 bits per heavy atom. The van der Waals surface area contributed by atoms with E-state index in [0.717, 1.165) is 6.42 Å². The van der Waals surface area contributed by atoms with E-state index in [9.17, 15) is 8.42 Å². The van der Waals surface area contributed by atoms with Crippen LogP contribution in [0.1, 0.15) is 26.7 Å². The van der Waals surface area contributed by atoms with Gasteiger partial charge in [-0.15, -0.1) is 0 Å². The predicted molar refractivity (Wildman–Crippen MR) is 73.0 cm³/mol. The molecule has 2 heterocycles. The zero-order valence-corrected chi connectivity index (χ0v) is 12.3. The molecule has 1 aromatic rings. The van der Waals surface area contributed by atoms with Gasteiger partial charge in [-0.25, -0.2) is 13.4 Å². The van der Waals surface area contributed by atoms with Gasteiger partial charge in [0, 0.05) is 31.9 Å². The number of piperidine rings is 1. The second-order valence-corrected chi connectivity index (χ2v) is 6.91. The molecule has 1 aromatic heterocycles. The van der Waals surface area contributed by atoms with Crippen LogP contribution in [0.4, 0.5) is 0 Å². The topological polar surface area (TPSA) is 81.2 Å². The Balaban J connectivity index is 2.20. The molecule has 2 atom stereocenters. The van der Waals surface area contributed by atoms with Crippen molar-refractivity contribution < 1.29 is 8.42 Å². The minimum Gasteiger partial charge on any atom is -0.336 e. The second-order valence-electron chi connectivity index (χ2n) is 5.03. The van der Waals surface area contributed by atoms with Crippen LogP contribution in [0.5, 0.6) is 0 Å². The SMILES string of the molecule is CCC1CN(S(=O)(=O)c2cn(CC)cn2)CCC1N. The zero-order valence-electron chi connectivity index (χ0n) is 11.5. The normalized spacial score (nSPS) is 25.6. The van der Waals surface area contributed by atoms with E-state index in [1.165, 1.54) is 4.31 Å². The van der Waals surface area contributed by atoms with Gasteiger partial charge in [0.25, 0.3) is 10.0 Å². The lowest BCUT2D eigenvalue weighted by molar-refractivity contribution is 0.230. The van der Waals surface area contributed by atoms with Gasteiger partial charge in [-0.3, -0.25) is 0 Å². The first kappa shape index (κ1) is 14.5. The van der Waals surface area contributed by atoms with Gasteiger partial charge in [0.15, 0.2) is 5.03 Å². The number of imidazole rings is 1. The Labute approximate surface area is 114 Å². The third-order valence-electron chi connectivity index (χ3n) is 3.86. The number of aryl methyl sites for hydroxylation is 1. The van der Waals surface area contributed by atoms with Gasteiger partial charge in [0.05, 0.1) is 6.33 Å². The van der Waals surface area contributed by atoms with Crippen LogP contribution in [0.2, 0.25) is 0 Å². The molecule has 1 aliphatic rings. The number of aromatic nitrogens is 2. The maximum Gasteiger partial charge on any atom is 0.262 e. The van der Waals surface area contributed by atoms with Crippen LogP contribution < -0.4 is 5.73 Å². The van der Waals surface area contributed by atoms with Crippen molar-refractivity contribution in [1.29, 1.82) is 0 Å². The molecule has 0 aliphatic carbocycles. The molecule has 0 saturated carbocycles. The highest BCUT2D eigenvalue weighted by molar-refractivity contribution is 7.89. The maximum atomic E-state index is 12.5. The van der Waals surface area contributed by atoms with Gasteiger partial charge in [-0.2, -0.15) is 4.31 Å². The third kappa shape index (κ3) is 2.82. The molecule has 0 amide bonds. The lowest BCUT2D eigenvalue weighted by Crippen LogP contribution is -2.48. The van der Waals surface area contributed by atoms with E-state index in [1.807, 2.05) is 13.8 Å². The molecule has 0 spiro atoms. The van der Waals surface area contributed by atoms with Crippen LogP contribution >= 0.6 is 0 Å². The number of nitrogens with zero attached hydrogens (tertiary/aromatic N) is 3. The molecule has 108 valence electrons. The van der Waals surface area contributed by atoms with Crippen LogP contribution in [0.15, 0.2) is 17.6 Å². The number of sulfonamides is 1. The van der Waals surface area contributed by atoms with E-state index >= 15 is 0 Å². The van der Waals surface area contributed by atoms with Crippen molar-refractivity contribution in [3.8, 4) is 0 Å². The van der Waals surface area contributed by atoms with E-state index in [4.69, 9.17) is 5.73 Å². The molecule has 7 heteroatoms. The van der Waals surface area contributed by atoms with Crippen LogP contribution in [-0.4, -0.2) is 41.4 Å². The Hall–Kier alpha value is -0.920. The standard InChI is InChI=1S/C12H22N4O2S/c1-3-10-7-16(6-5-11(10)13)19(17,18)12-8-15(4-2)9-14-12/h8-11H,3-7,13H2,1-2H3. The van der Waals surface area contributed by atoms with E-state index in [2.05, 4.69) is 4.98 Å². The summed E-state index contributed by atoms with van der Waals surface area (Å²) in [6.45, 7) is 5.69. The molecule has 2 rings (SSSR count). The molecule has 2 unspecified atom stereocenters. The summed E-state index contributed by atoms with van der Waals surface area (Å²) in [6, 6.07) is 0.102. The maximum absolute atomic E-state index is 12.5. The molecular formula is C12H22N4O2S. The van der Waals surface area contributed by atoms with Crippen LogP contribution in [0.3, 0.4) is 0 Å². The Morgan fingerprint density at radius 3 is 2.79 bits per heavy atom. The fourth-order valence-electron chi connectivity index (χ4n) is 2.45. The molecule has 0 bridgehead atoms. The van der Waals surface area contributed by atoms with E-state index in [0.29, 0.717) is 26.1 Å². The number of nitrogens with two attached hydrogens (primary N) is 1. The fraction of sp³-hybridized carbons (Fsp3) is 0.750. The van der Waals surface area contributed by atoms with Crippen molar-refractivity contribution in [2.24, 2.45) is 11.7 Å². The summed E-state index contributed by atoms with van der Waals surface area (Å²) in [5.74, 6) is 0.233. The number of hydrogen-bond acceptors (Lipinski definition) is 4. The van der Waals surface area contributed by atoms with Gasteiger partial charge in [-0.1, -0.05) is 13.3 Å². The highest BCUT2D eigenvalue weighted by atomic mass is 32.2. The Morgan fingerprint density at radius 1 is 1.47 bits per heavy atom. The van der Waals surface area contributed by atoms with Crippen LogP contribution in [-0.2, 0) is 16.6 Å². The average Bonchev–Trinajstić information content (AvgIpc) is 2.88. The first-order valence-corrected chi connectivity index (χ1v) is 8.20. The van der Waals surface area contributed by atoms with Gasteiger partial charge >= 0.3 is 0 Å². The second kappa shape index (κ2) is 5.60. The molecule has 6 nitrogen and oxygen atoms in total. The molecule has 19 heavy (non-hydrogen) atoms. The molecule has 1 aliphatic heterocycles. The summed E-state index contributed by atoms with van der Waals surface area (Å²) in [6.07, 6.45) is 4.76. The minimum atomic E-state index is -3.47. The fourth-order valence-corrected chi connectivity index (χ4v) is 3.89.